The van der Waals surface area contributed by atoms with Gasteiger partial charge in [0.05, 0.1) is 17.8 Å². The molecule has 0 fully saturated rings. The first-order chi connectivity index (χ1) is 16.2. The molecule has 0 unspecified atom stereocenters. The van der Waals surface area contributed by atoms with E-state index in [0.29, 0.717) is 28.6 Å². The summed E-state index contributed by atoms with van der Waals surface area (Å²) in [6.45, 7) is 1.78. The summed E-state index contributed by atoms with van der Waals surface area (Å²) in [5, 5.41) is 14.7. The summed E-state index contributed by atoms with van der Waals surface area (Å²) < 4.78 is 39.8. The van der Waals surface area contributed by atoms with Crippen molar-refractivity contribution in [3.05, 3.63) is 94.4 Å². The van der Waals surface area contributed by atoms with Gasteiger partial charge in [-0.25, -0.2) is 9.97 Å². The number of benzene rings is 2. The maximum Gasteiger partial charge on any atom is 0.416 e. The molecule has 2 aromatic carbocycles. The SMILES string of the molecule is Cc1ccc(N(O)Cc2cccc(C(F)(F)F)c2)cc1Nc1ccnc(-c2cncc(Br)c2)n1. The molecule has 174 valence electrons. The van der Waals surface area contributed by atoms with E-state index in [9.17, 15) is 18.4 Å². The Labute approximate surface area is 202 Å². The van der Waals surface area contributed by atoms with Crippen LogP contribution in [0.2, 0.25) is 0 Å². The Morgan fingerprint density at radius 1 is 1.06 bits per heavy atom. The number of nitrogens with one attached hydrogen (secondary N) is 1. The molecule has 2 N–H and O–H groups in total. The zero-order valence-corrected chi connectivity index (χ0v) is 19.5. The standard InChI is InChI=1S/C24H19BrF3N5O/c1-15-5-6-20(33(34)14-16-3-2-4-18(9-16)24(26,27)28)11-21(15)31-22-7-8-30-23(32-22)17-10-19(25)13-29-12-17/h2-13,34H,14H2,1H3,(H,30,31,32). The van der Waals surface area contributed by atoms with Crippen LogP contribution in [0.1, 0.15) is 16.7 Å². The van der Waals surface area contributed by atoms with Crippen LogP contribution in [0.25, 0.3) is 11.4 Å². The van der Waals surface area contributed by atoms with Crippen LogP contribution in [0.4, 0.5) is 30.4 Å². The molecular formula is C24H19BrF3N5O. The van der Waals surface area contributed by atoms with Crippen molar-refractivity contribution in [3.63, 3.8) is 0 Å². The first-order valence-corrected chi connectivity index (χ1v) is 10.9. The van der Waals surface area contributed by atoms with Crippen molar-refractivity contribution in [1.29, 1.82) is 0 Å². The van der Waals surface area contributed by atoms with E-state index in [0.717, 1.165) is 32.8 Å². The number of halogens is 4. The van der Waals surface area contributed by atoms with Crippen LogP contribution >= 0.6 is 15.9 Å². The molecule has 0 saturated heterocycles. The predicted octanol–water partition coefficient (Wildman–Crippen LogP) is 6.77. The van der Waals surface area contributed by atoms with E-state index < -0.39 is 11.7 Å². The predicted molar refractivity (Wildman–Crippen MR) is 127 cm³/mol. The maximum atomic E-state index is 13.0. The molecular weight excluding hydrogens is 511 g/mol. The highest BCUT2D eigenvalue weighted by atomic mass is 79.9. The minimum absolute atomic E-state index is 0.111. The van der Waals surface area contributed by atoms with Gasteiger partial charge in [0.1, 0.15) is 5.82 Å². The highest BCUT2D eigenvalue weighted by Crippen LogP contribution is 2.31. The third-order valence-corrected chi connectivity index (χ3v) is 5.42. The second-order valence-corrected chi connectivity index (χ2v) is 8.45. The number of anilines is 3. The quantitative estimate of drug-likeness (QED) is 0.268. The molecule has 0 bridgehead atoms. The lowest BCUT2D eigenvalue weighted by atomic mass is 10.1. The Morgan fingerprint density at radius 3 is 2.65 bits per heavy atom. The van der Waals surface area contributed by atoms with Gasteiger partial charge in [0.25, 0.3) is 0 Å². The Bertz CT molecular complexity index is 1320. The zero-order valence-electron chi connectivity index (χ0n) is 17.9. The van der Waals surface area contributed by atoms with Gasteiger partial charge in [-0.1, -0.05) is 18.2 Å². The summed E-state index contributed by atoms with van der Waals surface area (Å²) in [5.74, 6) is 1.02. The van der Waals surface area contributed by atoms with Gasteiger partial charge in [-0.2, -0.15) is 13.2 Å². The molecule has 0 aliphatic carbocycles. The Kier molecular flexibility index (Phi) is 6.80. The van der Waals surface area contributed by atoms with E-state index in [2.05, 4.69) is 36.2 Å². The summed E-state index contributed by atoms with van der Waals surface area (Å²) in [4.78, 5) is 13.0. The van der Waals surface area contributed by atoms with Crippen molar-refractivity contribution >= 4 is 33.1 Å². The van der Waals surface area contributed by atoms with Crippen LogP contribution in [-0.2, 0) is 12.7 Å². The summed E-state index contributed by atoms with van der Waals surface area (Å²) in [5.41, 5.74) is 2.29. The number of aryl methyl sites for hydroxylation is 1. The summed E-state index contributed by atoms with van der Waals surface area (Å²) in [6, 6.07) is 13.6. The number of hydrogen-bond donors (Lipinski definition) is 2. The van der Waals surface area contributed by atoms with E-state index in [1.807, 2.05) is 13.0 Å². The lowest BCUT2D eigenvalue weighted by Crippen LogP contribution is -2.18. The van der Waals surface area contributed by atoms with Crippen LogP contribution in [0.3, 0.4) is 0 Å². The molecule has 0 spiro atoms. The second kappa shape index (κ2) is 9.78. The minimum Gasteiger partial charge on any atom is -0.340 e. The fraction of sp³-hybridized carbons (Fsp3) is 0.125. The number of pyridine rings is 1. The first-order valence-electron chi connectivity index (χ1n) is 10.1. The summed E-state index contributed by atoms with van der Waals surface area (Å²) in [7, 11) is 0. The van der Waals surface area contributed by atoms with E-state index in [1.54, 1.807) is 42.9 Å². The van der Waals surface area contributed by atoms with Crippen LogP contribution in [0, 0.1) is 6.92 Å². The van der Waals surface area contributed by atoms with Crippen LogP contribution in [0.5, 0.6) is 0 Å². The second-order valence-electron chi connectivity index (χ2n) is 7.54. The highest BCUT2D eigenvalue weighted by Gasteiger charge is 2.30. The minimum atomic E-state index is -4.44. The van der Waals surface area contributed by atoms with E-state index >= 15 is 0 Å². The molecule has 6 nitrogen and oxygen atoms in total. The fourth-order valence-corrected chi connectivity index (χ4v) is 3.62. The van der Waals surface area contributed by atoms with Gasteiger partial charge in [-0.15, -0.1) is 0 Å². The average molecular weight is 530 g/mol. The maximum absolute atomic E-state index is 13.0. The number of nitrogens with zero attached hydrogens (tertiary/aromatic N) is 4. The molecule has 0 aliphatic rings. The molecule has 0 amide bonds. The molecule has 34 heavy (non-hydrogen) atoms. The van der Waals surface area contributed by atoms with Crippen LogP contribution in [0.15, 0.2) is 77.7 Å². The zero-order chi connectivity index (χ0) is 24.3. The Morgan fingerprint density at radius 2 is 1.88 bits per heavy atom. The smallest absolute Gasteiger partial charge is 0.340 e. The van der Waals surface area contributed by atoms with Crippen molar-refractivity contribution in [3.8, 4) is 11.4 Å². The van der Waals surface area contributed by atoms with Gasteiger partial charge >= 0.3 is 6.18 Å². The van der Waals surface area contributed by atoms with E-state index in [1.165, 1.54) is 12.1 Å². The van der Waals surface area contributed by atoms with Gasteiger partial charge in [0.15, 0.2) is 5.82 Å². The molecule has 0 atom stereocenters. The Hall–Kier alpha value is -3.50. The van der Waals surface area contributed by atoms with Gasteiger partial charge in [-0.05, 0) is 70.4 Å². The van der Waals surface area contributed by atoms with Gasteiger partial charge < -0.3 is 5.32 Å². The van der Waals surface area contributed by atoms with E-state index in [-0.39, 0.29) is 6.54 Å². The van der Waals surface area contributed by atoms with Gasteiger partial charge in [0, 0.05) is 34.3 Å². The Balaban J connectivity index is 1.54. The lowest BCUT2D eigenvalue weighted by molar-refractivity contribution is -0.137. The summed E-state index contributed by atoms with van der Waals surface area (Å²) in [6.07, 6.45) is 0.504. The third-order valence-electron chi connectivity index (χ3n) is 4.99. The van der Waals surface area contributed by atoms with Crippen molar-refractivity contribution in [2.24, 2.45) is 0 Å². The molecule has 0 saturated carbocycles. The molecule has 2 heterocycles. The number of aromatic nitrogens is 3. The molecule has 4 aromatic rings. The third kappa shape index (κ3) is 5.70. The van der Waals surface area contributed by atoms with E-state index in [4.69, 9.17) is 0 Å². The van der Waals surface area contributed by atoms with Crippen molar-refractivity contribution < 1.29 is 18.4 Å². The number of hydroxylamine groups is 1. The lowest BCUT2D eigenvalue weighted by Gasteiger charge is -2.20. The van der Waals surface area contributed by atoms with Crippen LogP contribution in [-0.4, -0.2) is 20.2 Å². The van der Waals surface area contributed by atoms with Gasteiger partial charge in [-0.3, -0.25) is 15.3 Å². The fourth-order valence-electron chi connectivity index (χ4n) is 3.25. The van der Waals surface area contributed by atoms with Crippen molar-refractivity contribution in [1.82, 2.24) is 15.0 Å². The number of hydrogen-bond acceptors (Lipinski definition) is 6. The normalized spacial score (nSPS) is 11.4. The molecule has 2 aromatic heterocycles. The first kappa shape index (κ1) is 23.7. The molecule has 0 aliphatic heterocycles. The van der Waals surface area contributed by atoms with Gasteiger partial charge in [0.2, 0.25) is 0 Å². The number of rotatable bonds is 6. The average Bonchev–Trinajstić information content (AvgIpc) is 2.80. The largest absolute Gasteiger partial charge is 0.416 e. The summed E-state index contributed by atoms with van der Waals surface area (Å²) >= 11 is 3.38. The topological polar surface area (TPSA) is 74.2 Å². The van der Waals surface area contributed by atoms with Crippen LogP contribution < -0.4 is 10.4 Å². The molecule has 4 rings (SSSR count). The van der Waals surface area contributed by atoms with Crippen molar-refractivity contribution in [2.75, 3.05) is 10.4 Å². The monoisotopic (exact) mass is 529 g/mol. The number of alkyl halides is 3. The van der Waals surface area contributed by atoms with Crippen molar-refractivity contribution in [2.45, 2.75) is 19.6 Å². The molecule has 10 heteroatoms. The molecule has 0 radical (unpaired) electrons. The highest BCUT2D eigenvalue weighted by molar-refractivity contribution is 9.10.